The van der Waals surface area contributed by atoms with Gasteiger partial charge in [-0.15, -0.1) is 11.3 Å². The number of thiophene rings is 1. The summed E-state index contributed by atoms with van der Waals surface area (Å²) in [6.07, 6.45) is 3.08. The molecule has 0 aliphatic rings. The van der Waals surface area contributed by atoms with Crippen molar-refractivity contribution in [1.29, 1.82) is 0 Å². The Morgan fingerprint density at radius 3 is 2.48 bits per heavy atom. The highest BCUT2D eigenvalue weighted by Crippen LogP contribution is 2.21. The van der Waals surface area contributed by atoms with Crippen LogP contribution in [0, 0.1) is 0 Å². The van der Waals surface area contributed by atoms with Crippen LogP contribution in [0.5, 0.6) is 11.5 Å². The van der Waals surface area contributed by atoms with Crippen molar-refractivity contribution in [1.82, 2.24) is 0 Å². The van der Waals surface area contributed by atoms with Crippen molar-refractivity contribution in [2.75, 3.05) is 12.4 Å². The molecule has 1 heterocycles. The first-order valence-corrected chi connectivity index (χ1v) is 9.01. The molecular formula is C21H17NO4S. The Labute approximate surface area is 160 Å². The minimum Gasteiger partial charge on any atom is -0.496 e. The van der Waals surface area contributed by atoms with Gasteiger partial charge < -0.3 is 14.8 Å². The second-order valence-corrected chi connectivity index (χ2v) is 6.43. The van der Waals surface area contributed by atoms with E-state index in [0.717, 1.165) is 4.88 Å². The van der Waals surface area contributed by atoms with Crippen LogP contribution in [-0.2, 0) is 4.79 Å². The van der Waals surface area contributed by atoms with E-state index in [-0.39, 0.29) is 5.91 Å². The predicted molar refractivity (Wildman–Crippen MR) is 106 cm³/mol. The van der Waals surface area contributed by atoms with Gasteiger partial charge >= 0.3 is 5.97 Å². The maximum atomic E-state index is 12.4. The van der Waals surface area contributed by atoms with Gasteiger partial charge in [-0.1, -0.05) is 18.2 Å². The van der Waals surface area contributed by atoms with Crippen molar-refractivity contribution in [2.45, 2.75) is 0 Å². The maximum absolute atomic E-state index is 12.4. The summed E-state index contributed by atoms with van der Waals surface area (Å²) in [5, 5.41) is 4.72. The predicted octanol–water partition coefficient (Wildman–Crippen LogP) is 4.63. The van der Waals surface area contributed by atoms with E-state index in [0.29, 0.717) is 22.7 Å². The lowest BCUT2D eigenvalue weighted by molar-refractivity contribution is -0.128. The highest BCUT2D eigenvalue weighted by Gasteiger charge is 2.11. The lowest BCUT2D eigenvalue weighted by Crippen LogP contribution is -2.13. The van der Waals surface area contributed by atoms with Gasteiger partial charge in [0.15, 0.2) is 0 Å². The number of esters is 1. The third kappa shape index (κ3) is 5.05. The van der Waals surface area contributed by atoms with Crippen LogP contribution in [-0.4, -0.2) is 19.0 Å². The number of para-hydroxylation sites is 1. The fraction of sp³-hybridized carbons (Fsp3) is 0.0476. The summed E-state index contributed by atoms with van der Waals surface area (Å²) in [7, 11) is 1.52. The Morgan fingerprint density at radius 2 is 1.78 bits per heavy atom. The fourth-order valence-electron chi connectivity index (χ4n) is 2.32. The molecule has 0 unspecified atom stereocenters. The number of ether oxygens (including phenoxy) is 2. The van der Waals surface area contributed by atoms with Crippen LogP contribution in [0.15, 0.2) is 72.1 Å². The van der Waals surface area contributed by atoms with E-state index >= 15 is 0 Å². The van der Waals surface area contributed by atoms with Gasteiger partial charge in [-0.3, -0.25) is 4.79 Å². The van der Waals surface area contributed by atoms with Gasteiger partial charge in [-0.2, -0.15) is 0 Å². The molecule has 3 rings (SSSR count). The second kappa shape index (κ2) is 8.82. The highest BCUT2D eigenvalue weighted by atomic mass is 32.1. The Kier molecular flexibility index (Phi) is 6.02. The number of hydrogen-bond donors (Lipinski definition) is 1. The molecule has 0 radical (unpaired) electrons. The number of carbonyl (C=O) groups is 2. The van der Waals surface area contributed by atoms with Crippen LogP contribution in [0.4, 0.5) is 5.69 Å². The van der Waals surface area contributed by atoms with Gasteiger partial charge in [0.05, 0.1) is 12.7 Å². The zero-order valence-electron chi connectivity index (χ0n) is 14.5. The first-order chi connectivity index (χ1) is 13.2. The molecule has 0 aliphatic heterocycles. The van der Waals surface area contributed by atoms with Crippen molar-refractivity contribution in [3.05, 3.63) is 82.6 Å². The molecule has 5 nitrogen and oxygen atoms in total. The molecule has 1 amide bonds. The molecule has 1 aromatic heterocycles. The van der Waals surface area contributed by atoms with Crippen LogP contribution in [0.2, 0.25) is 0 Å². The molecule has 0 bridgehead atoms. The van der Waals surface area contributed by atoms with E-state index < -0.39 is 5.97 Å². The molecule has 0 aliphatic carbocycles. The van der Waals surface area contributed by atoms with E-state index in [1.807, 2.05) is 17.5 Å². The van der Waals surface area contributed by atoms with Gasteiger partial charge in [0, 0.05) is 16.6 Å². The molecule has 136 valence electrons. The molecule has 0 saturated carbocycles. The van der Waals surface area contributed by atoms with Gasteiger partial charge in [-0.25, -0.2) is 4.79 Å². The Hall–Kier alpha value is -3.38. The molecule has 6 heteroatoms. The SMILES string of the molecule is COc1ccccc1C(=O)Nc1ccc(OC(=O)/C=C/c2cccs2)cc1. The minimum absolute atomic E-state index is 0.281. The standard InChI is InChI=1S/C21H17NO4S/c1-25-19-7-3-2-6-18(19)21(24)22-15-8-10-16(11-9-15)26-20(23)13-12-17-5-4-14-27-17/h2-14H,1H3,(H,22,24)/b13-12+. The summed E-state index contributed by atoms with van der Waals surface area (Å²) in [4.78, 5) is 25.2. The first-order valence-electron chi connectivity index (χ1n) is 8.13. The van der Waals surface area contributed by atoms with Gasteiger partial charge in [0.2, 0.25) is 0 Å². The van der Waals surface area contributed by atoms with Crippen LogP contribution >= 0.6 is 11.3 Å². The van der Waals surface area contributed by atoms with E-state index in [1.165, 1.54) is 24.5 Å². The van der Waals surface area contributed by atoms with Gasteiger partial charge in [0.1, 0.15) is 11.5 Å². The van der Waals surface area contributed by atoms with E-state index in [2.05, 4.69) is 5.32 Å². The molecule has 1 N–H and O–H groups in total. The summed E-state index contributed by atoms with van der Waals surface area (Å²) in [5.41, 5.74) is 1.02. The summed E-state index contributed by atoms with van der Waals surface area (Å²) < 4.78 is 10.4. The average molecular weight is 379 g/mol. The number of hydrogen-bond acceptors (Lipinski definition) is 5. The van der Waals surface area contributed by atoms with Crippen LogP contribution in [0.25, 0.3) is 6.08 Å². The van der Waals surface area contributed by atoms with Crippen LogP contribution in [0.3, 0.4) is 0 Å². The summed E-state index contributed by atoms with van der Waals surface area (Å²) in [5.74, 6) is 0.148. The first kappa shape index (κ1) is 18.4. The third-order valence-corrected chi connectivity index (χ3v) is 4.45. The molecule has 0 spiro atoms. The number of nitrogens with one attached hydrogen (secondary N) is 1. The number of anilines is 1. The van der Waals surface area contributed by atoms with Gasteiger partial charge in [-0.05, 0) is 53.9 Å². The number of rotatable bonds is 6. The van der Waals surface area contributed by atoms with Crippen molar-refractivity contribution in [3.8, 4) is 11.5 Å². The maximum Gasteiger partial charge on any atom is 0.336 e. The van der Waals surface area contributed by atoms with Crippen molar-refractivity contribution in [2.24, 2.45) is 0 Å². The van der Waals surface area contributed by atoms with Crippen molar-refractivity contribution < 1.29 is 19.1 Å². The average Bonchev–Trinajstić information content (AvgIpc) is 3.21. The van der Waals surface area contributed by atoms with Crippen molar-refractivity contribution in [3.63, 3.8) is 0 Å². The molecule has 27 heavy (non-hydrogen) atoms. The van der Waals surface area contributed by atoms with E-state index in [1.54, 1.807) is 54.6 Å². The normalized spacial score (nSPS) is 10.6. The van der Waals surface area contributed by atoms with Crippen LogP contribution < -0.4 is 14.8 Å². The molecular weight excluding hydrogens is 362 g/mol. The smallest absolute Gasteiger partial charge is 0.336 e. The second-order valence-electron chi connectivity index (χ2n) is 5.45. The monoisotopic (exact) mass is 379 g/mol. The zero-order chi connectivity index (χ0) is 19.1. The number of methoxy groups -OCH3 is 1. The quantitative estimate of drug-likeness (QED) is 0.385. The van der Waals surface area contributed by atoms with E-state index in [9.17, 15) is 9.59 Å². The molecule has 0 atom stereocenters. The molecule has 0 fully saturated rings. The number of amides is 1. The fourth-order valence-corrected chi connectivity index (χ4v) is 2.94. The summed E-state index contributed by atoms with van der Waals surface area (Å²) in [6, 6.07) is 17.4. The topological polar surface area (TPSA) is 64.6 Å². The summed E-state index contributed by atoms with van der Waals surface area (Å²) >= 11 is 1.54. The van der Waals surface area contributed by atoms with E-state index in [4.69, 9.17) is 9.47 Å². The Balaban J connectivity index is 1.60. The lowest BCUT2D eigenvalue weighted by Gasteiger charge is -2.09. The molecule has 0 saturated heterocycles. The van der Waals surface area contributed by atoms with Gasteiger partial charge in [0.25, 0.3) is 5.91 Å². The third-order valence-electron chi connectivity index (χ3n) is 3.61. The molecule has 3 aromatic rings. The largest absolute Gasteiger partial charge is 0.496 e. The van der Waals surface area contributed by atoms with Crippen molar-refractivity contribution >= 4 is 35.0 Å². The number of carbonyl (C=O) groups excluding carboxylic acids is 2. The molecule has 2 aromatic carbocycles. The highest BCUT2D eigenvalue weighted by molar-refractivity contribution is 7.10. The number of benzene rings is 2. The summed E-state index contributed by atoms with van der Waals surface area (Å²) in [6.45, 7) is 0. The lowest BCUT2D eigenvalue weighted by atomic mass is 10.2. The van der Waals surface area contributed by atoms with Crippen LogP contribution in [0.1, 0.15) is 15.2 Å². The Bertz CT molecular complexity index is 947. The minimum atomic E-state index is -0.464. The zero-order valence-corrected chi connectivity index (χ0v) is 15.4. The Morgan fingerprint density at radius 1 is 1.00 bits per heavy atom.